The number of hydrogen-bond donors (Lipinski definition) is 0. The van der Waals surface area contributed by atoms with Crippen LogP contribution in [0.25, 0.3) is 0 Å². The number of hydrogen-bond acceptors (Lipinski definition) is 3. The van der Waals surface area contributed by atoms with Crippen LogP contribution in [0.3, 0.4) is 0 Å². The highest BCUT2D eigenvalue weighted by molar-refractivity contribution is 6.31. The van der Waals surface area contributed by atoms with E-state index < -0.39 is 11.4 Å². The van der Waals surface area contributed by atoms with Gasteiger partial charge in [0.05, 0.1) is 12.5 Å². The van der Waals surface area contributed by atoms with Gasteiger partial charge >= 0.3 is 5.97 Å². The lowest BCUT2D eigenvalue weighted by molar-refractivity contribution is -0.150. The lowest BCUT2D eigenvalue weighted by atomic mass is 10.0. The summed E-state index contributed by atoms with van der Waals surface area (Å²) < 4.78 is 4.58. The molecule has 0 unspecified atom stereocenters. The minimum absolute atomic E-state index is 0.0408. The zero-order valence-corrected chi connectivity index (χ0v) is 7.43. The summed E-state index contributed by atoms with van der Waals surface area (Å²) in [5.41, 5.74) is -0.948. The molecule has 0 spiro atoms. The second kappa shape index (κ2) is 2.22. The number of halogens is 1. The Labute approximate surface area is 75.0 Å². The summed E-state index contributed by atoms with van der Waals surface area (Å²) in [5.74, 6) is -0.450. The molecule has 0 aromatic rings. The van der Waals surface area contributed by atoms with Gasteiger partial charge in [0.1, 0.15) is 5.41 Å². The van der Waals surface area contributed by atoms with Crippen molar-refractivity contribution < 1.29 is 14.3 Å². The fourth-order valence-corrected chi connectivity index (χ4v) is 2.81. The number of Topliss-reactive ketones (excluding diaryl/α,β-unsaturated/α-hetero) is 1. The van der Waals surface area contributed by atoms with E-state index in [-0.39, 0.29) is 17.1 Å². The Morgan fingerprint density at radius 2 is 2.42 bits per heavy atom. The topological polar surface area (TPSA) is 43.4 Å². The number of esters is 1. The summed E-state index contributed by atoms with van der Waals surface area (Å²) in [5, 5.41) is -0.314. The molecule has 0 N–H and O–H groups in total. The molecule has 2 aliphatic rings. The predicted octanol–water partition coefficient (Wildman–Crippen LogP) is 0.746. The first-order chi connectivity index (χ1) is 5.65. The van der Waals surface area contributed by atoms with Crippen molar-refractivity contribution in [2.75, 3.05) is 7.11 Å². The van der Waals surface area contributed by atoms with Crippen molar-refractivity contribution in [3.63, 3.8) is 0 Å². The number of fused-ring (bicyclic) bond motifs is 1. The molecular formula is C8H9ClO3. The first-order valence-corrected chi connectivity index (χ1v) is 4.35. The van der Waals surface area contributed by atoms with E-state index in [0.29, 0.717) is 6.42 Å². The normalized spacial score (nSPS) is 44.0. The van der Waals surface area contributed by atoms with Crippen molar-refractivity contribution in [1.82, 2.24) is 0 Å². The van der Waals surface area contributed by atoms with Crippen molar-refractivity contribution in [3.8, 4) is 0 Å². The van der Waals surface area contributed by atoms with Crippen molar-refractivity contribution in [2.45, 2.75) is 18.2 Å². The molecule has 0 aliphatic heterocycles. The predicted molar refractivity (Wildman–Crippen MR) is 41.8 cm³/mol. The number of rotatable bonds is 1. The third-order valence-corrected chi connectivity index (χ3v) is 3.58. The van der Waals surface area contributed by atoms with E-state index in [2.05, 4.69) is 4.74 Å². The van der Waals surface area contributed by atoms with Gasteiger partial charge in [0.15, 0.2) is 5.78 Å². The molecule has 0 aromatic heterocycles. The Morgan fingerprint density at radius 1 is 1.75 bits per heavy atom. The molecule has 3 atom stereocenters. The fourth-order valence-electron chi connectivity index (χ4n) is 2.19. The summed E-state index contributed by atoms with van der Waals surface area (Å²) in [4.78, 5) is 22.6. The number of ether oxygens (including phenoxy) is 1. The van der Waals surface area contributed by atoms with E-state index in [1.54, 1.807) is 0 Å². The highest BCUT2D eigenvalue weighted by Crippen LogP contribution is 2.64. The Morgan fingerprint density at radius 3 is 2.83 bits per heavy atom. The molecule has 0 bridgehead atoms. The molecule has 66 valence electrons. The molecule has 12 heavy (non-hydrogen) atoms. The molecule has 0 radical (unpaired) electrons. The number of ketones is 1. The van der Waals surface area contributed by atoms with Gasteiger partial charge in [0.25, 0.3) is 0 Å². The standard InChI is InChI=1S/C8H9ClO3/c1-12-7(11)8-4(6(8)9)2-3-5(8)10/h4,6H,2-3H2,1H3/t4-,6-,8-/m0/s1. The van der Waals surface area contributed by atoms with Gasteiger partial charge in [-0.2, -0.15) is 0 Å². The first kappa shape index (κ1) is 8.05. The SMILES string of the molecule is COC(=O)[C@]12C(=O)CC[C@H]1[C@@H]2Cl. The van der Waals surface area contributed by atoms with Gasteiger partial charge in [-0.05, 0) is 6.42 Å². The highest BCUT2D eigenvalue weighted by atomic mass is 35.5. The van der Waals surface area contributed by atoms with Crippen LogP contribution in [0.1, 0.15) is 12.8 Å². The third-order valence-electron chi connectivity index (χ3n) is 2.93. The monoisotopic (exact) mass is 188 g/mol. The van der Waals surface area contributed by atoms with Crippen LogP contribution in [-0.2, 0) is 14.3 Å². The summed E-state index contributed by atoms with van der Waals surface area (Å²) >= 11 is 5.86. The second-order valence-corrected chi connectivity index (χ2v) is 3.80. The van der Waals surface area contributed by atoms with E-state index >= 15 is 0 Å². The van der Waals surface area contributed by atoms with Crippen LogP contribution in [-0.4, -0.2) is 24.2 Å². The number of methoxy groups -OCH3 is 1. The average Bonchev–Trinajstić information content (AvgIpc) is 2.48. The number of alkyl halides is 1. The lowest BCUT2D eigenvalue weighted by Crippen LogP contribution is -2.27. The van der Waals surface area contributed by atoms with Gasteiger partial charge < -0.3 is 4.74 Å². The van der Waals surface area contributed by atoms with Crippen molar-refractivity contribution in [2.24, 2.45) is 11.3 Å². The first-order valence-electron chi connectivity index (χ1n) is 3.91. The molecule has 3 nitrogen and oxygen atoms in total. The maximum absolute atomic E-state index is 11.4. The van der Waals surface area contributed by atoms with E-state index in [4.69, 9.17) is 11.6 Å². The summed E-state index contributed by atoms with van der Waals surface area (Å²) in [6.07, 6.45) is 1.21. The van der Waals surface area contributed by atoms with E-state index in [9.17, 15) is 9.59 Å². The fraction of sp³-hybridized carbons (Fsp3) is 0.750. The number of carbonyl (C=O) groups excluding carboxylic acids is 2. The minimum atomic E-state index is -0.948. The van der Waals surface area contributed by atoms with Crippen LogP contribution in [0.5, 0.6) is 0 Å². The van der Waals surface area contributed by atoms with E-state index in [0.717, 1.165) is 6.42 Å². The van der Waals surface area contributed by atoms with Crippen molar-refractivity contribution >= 4 is 23.4 Å². The molecule has 2 fully saturated rings. The Bertz CT molecular complexity index is 263. The summed E-state index contributed by atoms with van der Waals surface area (Å²) in [6.45, 7) is 0. The molecule has 2 aliphatic carbocycles. The molecule has 2 saturated carbocycles. The van der Waals surface area contributed by atoms with E-state index in [1.165, 1.54) is 7.11 Å². The van der Waals surface area contributed by atoms with Crippen molar-refractivity contribution in [1.29, 1.82) is 0 Å². The molecule has 0 amide bonds. The second-order valence-electron chi connectivity index (χ2n) is 3.33. The van der Waals surface area contributed by atoms with Crippen LogP contribution in [0.2, 0.25) is 0 Å². The number of carbonyl (C=O) groups is 2. The summed E-state index contributed by atoms with van der Waals surface area (Å²) in [7, 11) is 1.29. The van der Waals surface area contributed by atoms with Crippen molar-refractivity contribution in [3.05, 3.63) is 0 Å². The van der Waals surface area contributed by atoms with Gasteiger partial charge in [0.2, 0.25) is 0 Å². The third kappa shape index (κ3) is 0.637. The van der Waals surface area contributed by atoms with E-state index in [1.807, 2.05) is 0 Å². The Balaban J connectivity index is 2.31. The molecule has 0 heterocycles. The van der Waals surface area contributed by atoms with Crippen LogP contribution in [0.4, 0.5) is 0 Å². The van der Waals surface area contributed by atoms with Gasteiger partial charge in [-0.15, -0.1) is 11.6 Å². The maximum atomic E-state index is 11.4. The van der Waals surface area contributed by atoms with Crippen LogP contribution >= 0.6 is 11.6 Å². The quantitative estimate of drug-likeness (QED) is 0.347. The summed E-state index contributed by atoms with van der Waals surface area (Å²) in [6, 6.07) is 0. The molecule has 0 saturated heterocycles. The largest absolute Gasteiger partial charge is 0.468 e. The Kier molecular flexibility index (Phi) is 1.49. The van der Waals surface area contributed by atoms with Crippen LogP contribution < -0.4 is 0 Å². The van der Waals surface area contributed by atoms with Gasteiger partial charge in [-0.1, -0.05) is 0 Å². The smallest absolute Gasteiger partial charge is 0.321 e. The Hall–Kier alpha value is -0.570. The average molecular weight is 189 g/mol. The zero-order valence-electron chi connectivity index (χ0n) is 6.67. The van der Waals surface area contributed by atoms with Gasteiger partial charge in [-0.25, -0.2) is 0 Å². The molecule has 2 rings (SSSR count). The van der Waals surface area contributed by atoms with Gasteiger partial charge in [-0.3, -0.25) is 9.59 Å². The maximum Gasteiger partial charge on any atom is 0.321 e. The van der Waals surface area contributed by atoms with Crippen LogP contribution in [0, 0.1) is 11.3 Å². The van der Waals surface area contributed by atoms with Crippen LogP contribution in [0.15, 0.2) is 0 Å². The lowest BCUT2D eigenvalue weighted by Gasteiger charge is -2.07. The highest BCUT2D eigenvalue weighted by Gasteiger charge is 2.76. The minimum Gasteiger partial charge on any atom is -0.468 e. The molecule has 4 heteroatoms. The zero-order chi connectivity index (χ0) is 8.93. The molecular weight excluding hydrogens is 180 g/mol. The molecule has 0 aromatic carbocycles. The van der Waals surface area contributed by atoms with Gasteiger partial charge in [0, 0.05) is 12.3 Å².